The molecule has 0 saturated heterocycles. The number of nitrogens with two attached hydrogens (primary N) is 1. The number of primary amides is 1. The number of rotatable bonds is 6. The summed E-state index contributed by atoms with van der Waals surface area (Å²) < 4.78 is 18.7. The monoisotopic (exact) mass is 356 g/mol. The Morgan fingerprint density at radius 2 is 1.88 bits per heavy atom. The topological polar surface area (TPSA) is 72.6 Å². The van der Waals surface area contributed by atoms with Gasteiger partial charge in [-0.2, -0.15) is 0 Å². The second kappa shape index (κ2) is 7.15. The van der Waals surface area contributed by atoms with E-state index in [0.29, 0.717) is 12.1 Å². The van der Waals surface area contributed by atoms with Gasteiger partial charge in [0, 0.05) is 30.8 Å². The van der Waals surface area contributed by atoms with Gasteiger partial charge in [0.1, 0.15) is 5.75 Å². The average Bonchev–Trinajstić information content (AvgIpc) is 2.88. The number of hydrogen-bond donors (Lipinski definition) is 1. The summed E-state index contributed by atoms with van der Waals surface area (Å²) in [4.78, 5) is 26.1. The van der Waals surface area contributed by atoms with E-state index in [1.807, 2.05) is 48.2 Å². The van der Waals surface area contributed by atoms with E-state index in [4.69, 9.17) is 10.5 Å². The van der Waals surface area contributed by atoms with Crippen LogP contribution in [-0.4, -0.2) is 24.1 Å². The minimum Gasteiger partial charge on any atom is -0.460 e. The van der Waals surface area contributed by atoms with Crippen molar-refractivity contribution in [1.82, 2.24) is 0 Å². The number of amides is 1. The number of anilines is 1. The number of ketones is 1. The lowest BCUT2D eigenvalue weighted by molar-refractivity contribution is -0.137. The number of Topliss-reactive ketones (excluding diaryl/α,β-unsaturated/α-hetero) is 1. The van der Waals surface area contributed by atoms with Gasteiger partial charge in [0.2, 0.25) is 12.1 Å². The number of hydrogen-bond acceptors (Lipinski definition) is 4. The molecule has 0 aromatic heterocycles. The maximum atomic E-state index is 13.5. The van der Waals surface area contributed by atoms with E-state index in [1.54, 1.807) is 12.1 Å². The SMILES string of the molecule is CC(F)Oc1cccc2c1C(C(=O)C(N)=O)C(C)N2Cc1ccccc1. The highest BCUT2D eigenvalue weighted by molar-refractivity contribution is 6.38. The Labute approximate surface area is 151 Å². The molecular formula is C20H21FN2O3. The summed E-state index contributed by atoms with van der Waals surface area (Å²) >= 11 is 0. The Morgan fingerprint density at radius 1 is 1.19 bits per heavy atom. The Morgan fingerprint density at radius 3 is 2.50 bits per heavy atom. The molecule has 0 aliphatic carbocycles. The summed E-state index contributed by atoms with van der Waals surface area (Å²) in [5.41, 5.74) is 7.59. The van der Waals surface area contributed by atoms with Crippen LogP contribution in [-0.2, 0) is 16.1 Å². The molecule has 3 unspecified atom stereocenters. The Kier molecular flexibility index (Phi) is 4.93. The van der Waals surface area contributed by atoms with Gasteiger partial charge in [0.25, 0.3) is 5.91 Å². The number of ether oxygens (including phenoxy) is 1. The van der Waals surface area contributed by atoms with Crippen LogP contribution >= 0.6 is 0 Å². The van der Waals surface area contributed by atoms with Crippen molar-refractivity contribution in [2.45, 2.75) is 38.7 Å². The number of carbonyl (C=O) groups excluding carboxylic acids is 2. The molecule has 0 bridgehead atoms. The second-order valence-corrected chi connectivity index (χ2v) is 6.41. The zero-order chi connectivity index (χ0) is 18.8. The summed E-state index contributed by atoms with van der Waals surface area (Å²) in [6.45, 7) is 3.67. The number of carbonyl (C=O) groups is 2. The first-order chi connectivity index (χ1) is 12.4. The molecule has 136 valence electrons. The zero-order valence-corrected chi connectivity index (χ0v) is 14.7. The average molecular weight is 356 g/mol. The second-order valence-electron chi connectivity index (χ2n) is 6.41. The van der Waals surface area contributed by atoms with E-state index in [1.165, 1.54) is 6.92 Å². The number of benzene rings is 2. The lowest BCUT2D eigenvalue weighted by Gasteiger charge is -2.26. The molecule has 1 aliphatic rings. The number of nitrogens with zero attached hydrogens (tertiary/aromatic N) is 1. The van der Waals surface area contributed by atoms with Crippen LogP contribution in [0.1, 0.15) is 30.9 Å². The van der Waals surface area contributed by atoms with Crippen LogP contribution in [0.5, 0.6) is 5.75 Å². The standard InChI is InChI=1S/C20H21FN2O3/c1-12-17(19(24)20(22)25)18-15(9-6-10-16(18)26-13(2)21)23(12)11-14-7-4-3-5-8-14/h3-10,12-13,17H,11H2,1-2H3,(H2,22,25). The quantitative estimate of drug-likeness (QED) is 0.808. The Hall–Kier alpha value is -2.89. The Bertz CT molecular complexity index is 823. The van der Waals surface area contributed by atoms with Crippen LogP contribution in [0, 0.1) is 0 Å². The van der Waals surface area contributed by atoms with Crippen LogP contribution < -0.4 is 15.4 Å². The third-order valence-electron chi connectivity index (χ3n) is 4.65. The van der Waals surface area contributed by atoms with Crippen molar-refractivity contribution < 1.29 is 18.7 Å². The summed E-state index contributed by atoms with van der Waals surface area (Å²) in [5.74, 6) is -2.23. The third-order valence-corrected chi connectivity index (χ3v) is 4.65. The lowest BCUT2D eigenvalue weighted by Crippen LogP contribution is -2.38. The molecule has 2 aromatic carbocycles. The van der Waals surface area contributed by atoms with Gasteiger partial charge in [-0.3, -0.25) is 9.59 Å². The zero-order valence-electron chi connectivity index (χ0n) is 14.7. The molecule has 5 nitrogen and oxygen atoms in total. The van der Waals surface area contributed by atoms with Crippen molar-refractivity contribution in [3.63, 3.8) is 0 Å². The molecule has 3 rings (SSSR count). The Balaban J connectivity index is 2.08. The van der Waals surface area contributed by atoms with E-state index >= 15 is 0 Å². The first kappa shape index (κ1) is 17.9. The minimum atomic E-state index is -1.54. The van der Waals surface area contributed by atoms with E-state index in [2.05, 4.69) is 0 Å². The van der Waals surface area contributed by atoms with Gasteiger partial charge in [-0.1, -0.05) is 36.4 Å². The predicted molar refractivity (Wildman–Crippen MR) is 96.7 cm³/mol. The molecule has 6 heteroatoms. The largest absolute Gasteiger partial charge is 0.460 e. The fraction of sp³-hybridized carbons (Fsp3) is 0.300. The summed E-state index contributed by atoms with van der Waals surface area (Å²) in [7, 11) is 0. The molecule has 2 aromatic rings. The van der Waals surface area contributed by atoms with E-state index in [0.717, 1.165) is 11.3 Å². The predicted octanol–water partition coefficient (Wildman–Crippen LogP) is 2.93. The van der Waals surface area contributed by atoms with Crippen LogP contribution in [0.15, 0.2) is 48.5 Å². The van der Waals surface area contributed by atoms with Crippen LogP contribution in [0.2, 0.25) is 0 Å². The molecule has 0 spiro atoms. The van der Waals surface area contributed by atoms with Gasteiger partial charge < -0.3 is 15.4 Å². The van der Waals surface area contributed by atoms with Crippen molar-refractivity contribution in [3.8, 4) is 5.75 Å². The van der Waals surface area contributed by atoms with Gasteiger partial charge in [0.05, 0.1) is 5.92 Å². The van der Waals surface area contributed by atoms with Gasteiger partial charge in [0.15, 0.2) is 0 Å². The smallest absolute Gasteiger partial charge is 0.285 e. The first-order valence-corrected chi connectivity index (χ1v) is 8.48. The van der Waals surface area contributed by atoms with Gasteiger partial charge in [-0.05, 0) is 24.6 Å². The van der Waals surface area contributed by atoms with E-state index in [9.17, 15) is 14.0 Å². The molecule has 2 N–H and O–H groups in total. The van der Waals surface area contributed by atoms with Crippen LogP contribution in [0.3, 0.4) is 0 Å². The van der Waals surface area contributed by atoms with E-state index in [-0.39, 0.29) is 11.8 Å². The van der Waals surface area contributed by atoms with Crippen molar-refractivity contribution in [2.24, 2.45) is 5.73 Å². The number of fused-ring (bicyclic) bond motifs is 1. The first-order valence-electron chi connectivity index (χ1n) is 8.48. The van der Waals surface area contributed by atoms with Crippen molar-refractivity contribution in [1.29, 1.82) is 0 Å². The molecule has 3 atom stereocenters. The maximum Gasteiger partial charge on any atom is 0.285 e. The van der Waals surface area contributed by atoms with E-state index < -0.39 is 24.0 Å². The minimum absolute atomic E-state index is 0.263. The summed E-state index contributed by atoms with van der Waals surface area (Å²) in [6.07, 6.45) is -1.54. The summed E-state index contributed by atoms with van der Waals surface area (Å²) in [6, 6.07) is 14.7. The van der Waals surface area contributed by atoms with Gasteiger partial charge in [-0.15, -0.1) is 0 Å². The molecule has 0 saturated carbocycles. The van der Waals surface area contributed by atoms with Gasteiger partial charge in [-0.25, -0.2) is 4.39 Å². The normalized spacial score (nSPS) is 19.7. The van der Waals surface area contributed by atoms with Crippen molar-refractivity contribution in [2.75, 3.05) is 4.90 Å². The van der Waals surface area contributed by atoms with Crippen molar-refractivity contribution >= 4 is 17.4 Å². The maximum absolute atomic E-state index is 13.5. The highest BCUT2D eigenvalue weighted by Crippen LogP contribution is 2.47. The van der Waals surface area contributed by atoms with Crippen LogP contribution in [0.4, 0.5) is 10.1 Å². The van der Waals surface area contributed by atoms with Crippen molar-refractivity contribution in [3.05, 3.63) is 59.7 Å². The molecule has 1 amide bonds. The number of alkyl halides is 1. The van der Waals surface area contributed by atoms with Crippen LogP contribution in [0.25, 0.3) is 0 Å². The number of halogens is 1. The molecule has 0 radical (unpaired) electrons. The third kappa shape index (κ3) is 3.27. The summed E-state index contributed by atoms with van der Waals surface area (Å²) in [5, 5.41) is 0. The highest BCUT2D eigenvalue weighted by atomic mass is 19.1. The fourth-order valence-electron chi connectivity index (χ4n) is 3.53. The lowest BCUT2D eigenvalue weighted by atomic mass is 9.90. The fourth-order valence-corrected chi connectivity index (χ4v) is 3.53. The molecular weight excluding hydrogens is 335 g/mol. The van der Waals surface area contributed by atoms with Gasteiger partial charge >= 0.3 is 0 Å². The molecule has 26 heavy (non-hydrogen) atoms. The molecule has 1 heterocycles. The highest BCUT2D eigenvalue weighted by Gasteiger charge is 2.43. The molecule has 1 aliphatic heterocycles. The molecule has 0 fully saturated rings.